The van der Waals surface area contributed by atoms with Gasteiger partial charge in [0, 0.05) is 43.9 Å². The first-order valence-electron chi connectivity index (χ1n) is 7.79. The van der Waals surface area contributed by atoms with Crippen LogP contribution in [0.15, 0.2) is 29.3 Å². The van der Waals surface area contributed by atoms with Crippen LogP contribution in [-0.2, 0) is 4.74 Å². The molecule has 126 valence electrons. The van der Waals surface area contributed by atoms with E-state index in [1.165, 1.54) is 0 Å². The van der Waals surface area contributed by atoms with Crippen molar-refractivity contribution in [2.75, 3.05) is 33.3 Å². The first kappa shape index (κ1) is 17.6. The molecule has 0 radical (unpaired) electrons. The number of benzene rings is 1. The van der Waals surface area contributed by atoms with Crippen molar-refractivity contribution in [2.24, 2.45) is 4.99 Å². The highest BCUT2D eigenvalue weighted by atomic mass is 35.5. The minimum absolute atomic E-state index is 0.120. The lowest BCUT2D eigenvalue weighted by atomic mass is 10.2. The summed E-state index contributed by atoms with van der Waals surface area (Å²) in [5, 5.41) is 9.84. The van der Waals surface area contributed by atoms with Crippen molar-refractivity contribution in [3.8, 4) is 0 Å². The van der Waals surface area contributed by atoms with E-state index in [4.69, 9.17) is 16.3 Å². The Labute approximate surface area is 141 Å². The average molecular weight is 339 g/mol. The highest BCUT2D eigenvalue weighted by Gasteiger charge is 2.15. The first-order valence-corrected chi connectivity index (χ1v) is 8.16. The lowest BCUT2D eigenvalue weighted by Gasteiger charge is -2.15. The van der Waals surface area contributed by atoms with Crippen LogP contribution in [0.5, 0.6) is 0 Å². The minimum Gasteiger partial charge on any atom is -0.376 e. The van der Waals surface area contributed by atoms with Crippen molar-refractivity contribution in [1.29, 1.82) is 0 Å². The SMILES string of the molecule is CN=C(NCCNC(=O)c1ccc(Cl)cc1)NCC1CCCO1. The zero-order valence-corrected chi connectivity index (χ0v) is 14.0. The number of hydrogen-bond acceptors (Lipinski definition) is 3. The summed E-state index contributed by atoms with van der Waals surface area (Å²) in [5.74, 6) is 0.590. The Balaban J connectivity index is 1.63. The third-order valence-electron chi connectivity index (χ3n) is 3.55. The van der Waals surface area contributed by atoms with Crippen molar-refractivity contribution in [1.82, 2.24) is 16.0 Å². The van der Waals surface area contributed by atoms with Gasteiger partial charge in [-0.3, -0.25) is 9.79 Å². The molecule has 1 aromatic rings. The lowest BCUT2D eigenvalue weighted by Crippen LogP contribution is -2.43. The van der Waals surface area contributed by atoms with E-state index >= 15 is 0 Å². The molecule has 1 saturated heterocycles. The van der Waals surface area contributed by atoms with Crippen LogP contribution in [0, 0.1) is 0 Å². The molecular weight excluding hydrogens is 316 g/mol. The number of amides is 1. The van der Waals surface area contributed by atoms with Gasteiger partial charge in [0.05, 0.1) is 6.10 Å². The number of nitrogens with zero attached hydrogens (tertiary/aromatic N) is 1. The third kappa shape index (κ3) is 6.08. The topological polar surface area (TPSA) is 74.8 Å². The summed E-state index contributed by atoms with van der Waals surface area (Å²) < 4.78 is 5.55. The van der Waals surface area contributed by atoms with Gasteiger partial charge < -0.3 is 20.7 Å². The van der Waals surface area contributed by atoms with Crippen molar-refractivity contribution in [3.05, 3.63) is 34.9 Å². The zero-order chi connectivity index (χ0) is 16.5. The minimum atomic E-state index is -0.120. The van der Waals surface area contributed by atoms with E-state index in [9.17, 15) is 4.79 Å². The Hall–Kier alpha value is -1.79. The summed E-state index contributed by atoms with van der Waals surface area (Å²) in [4.78, 5) is 16.1. The normalized spacial score (nSPS) is 17.8. The van der Waals surface area contributed by atoms with E-state index < -0.39 is 0 Å². The van der Waals surface area contributed by atoms with Crippen molar-refractivity contribution in [3.63, 3.8) is 0 Å². The van der Waals surface area contributed by atoms with Gasteiger partial charge in [-0.15, -0.1) is 0 Å². The van der Waals surface area contributed by atoms with Crippen LogP contribution in [0.25, 0.3) is 0 Å². The number of aliphatic imine (C=N–C) groups is 1. The Bertz CT molecular complexity index is 527. The van der Waals surface area contributed by atoms with E-state index in [2.05, 4.69) is 20.9 Å². The highest BCUT2D eigenvalue weighted by Crippen LogP contribution is 2.10. The van der Waals surface area contributed by atoms with Crippen LogP contribution in [-0.4, -0.2) is 51.3 Å². The van der Waals surface area contributed by atoms with Gasteiger partial charge in [0.25, 0.3) is 5.91 Å². The van der Waals surface area contributed by atoms with E-state index in [1.807, 2.05) is 0 Å². The molecule has 1 unspecified atom stereocenters. The summed E-state index contributed by atoms with van der Waals surface area (Å²) in [6.07, 6.45) is 2.47. The largest absolute Gasteiger partial charge is 0.376 e. The Kier molecular flexibility index (Phi) is 7.16. The van der Waals surface area contributed by atoms with Crippen molar-refractivity contribution < 1.29 is 9.53 Å². The van der Waals surface area contributed by atoms with E-state index in [1.54, 1.807) is 31.3 Å². The van der Waals surface area contributed by atoms with Gasteiger partial charge in [0.2, 0.25) is 0 Å². The van der Waals surface area contributed by atoms with E-state index in [-0.39, 0.29) is 12.0 Å². The van der Waals surface area contributed by atoms with Gasteiger partial charge in [-0.2, -0.15) is 0 Å². The average Bonchev–Trinajstić information content (AvgIpc) is 3.08. The number of hydrogen-bond donors (Lipinski definition) is 3. The maximum absolute atomic E-state index is 11.9. The summed E-state index contributed by atoms with van der Waals surface area (Å²) in [5.41, 5.74) is 0.593. The van der Waals surface area contributed by atoms with E-state index in [0.717, 1.165) is 26.0 Å². The van der Waals surface area contributed by atoms with Crippen LogP contribution in [0.1, 0.15) is 23.2 Å². The van der Waals surface area contributed by atoms with Gasteiger partial charge in [-0.05, 0) is 37.1 Å². The van der Waals surface area contributed by atoms with Gasteiger partial charge in [-0.1, -0.05) is 11.6 Å². The molecule has 0 aromatic heterocycles. The molecule has 1 aliphatic rings. The van der Waals surface area contributed by atoms with Gasteiger partial charge in [-0.25, -0.2) is 0 Å². The molecule has 0 spiro atoms. The van der Waals surface area contributed by atoms with Crippen molar-refractivity contribution in [2.45, 2.75) is 18.9 Å². The third-order valence-corrected chi connectivity index (χ3v) is 3.81. The molecular formula is C16H23ClN4O2. The quantitative estimate of drug-likeness (QED) is 0.416. The molecule has 1 heterocycles. The van der Waals surface area contributed by atoms with Crippen LogP contribution in [0.4, 0.5) is 0 Å². The number of nitrogens with one attached hydrogen (secondary N) is 3. The number of rotatable bonds is 6. The molecule has 3 N–H and O–H groups in total. The Morgan fingerprint density at radius 1 is 1.26 bits per heavy atom. The van der Waals surface area contributed by atoms with Gasteiger partial charge >= 0.3 is 0 Å². The second-order valence-electron chi connectivity index (χ2n) is 5.28. The molecule has 1 atom stereocenters. The highest BCUT2D eigenvalue weighted by molar-refractivity contribution is 6.30. The smallest absolute Gasteiger partial charge is 0.251 e. The number of ether oxygens (including phenoxy) is 1. The summed E-state index contributed by atoms with van der Waals surface area (Å²) in [6.45, 7) is 2.68. The fraction of sp³-hybridized carbons (Fsp3) is 0.500. The monoisotopic (exact) mass is 338 g/mol. The number of carbonyl (C=O) groups excluding carboxylic acids is 1. The van der Waals surface area contributed by atoms with Gasteiger partial charge in [0.1, 0.15) is 0 Å². The maximum Gasteiger partial charge on any atom is 0.251 e. The number of carbonyl (C=O) groups is 1. The predicted octanol–water partition coefficient (Wildman–Crippen LogP) is 1.41. The maximum atomic E-state index is 11.9. The second-order valence-corrected chi connectivity index (χ2v) is 5.71. The molecule has 6 nitrogen and oxygen atoms in total. The molecule has 1 aromatic carbocycles. The number of guanidine groups is 1. The first-order chi connectivity index (χ1) is 11.2. The second kappa shape index (κ2) is 9.37. The van der Waals surface area contributed by atoms with Crippen LogP contribution in [0.3, 0.4) is 0 Å². The fourth-order valence-corrected chi connectivity index (χ4v) is 2.42. The Morgan fingerprint density at radius 2 is 2.00 bits per heavy atom. The fourth-order valence-electron chi connectivity index (χ4n) is 2.30. The van der Waals surface area contributed by atoms with Gasteiger partial charge in [0.15, 0.2) is 5.96 Å². The molecule has 0 bridgehead atoms. The summed E-state index contributed by atoms with van der Waals surface area (Å²) in [7, 11) is 1.72. The molecule has 1 fully saturated rings. The molecule has 2 rings (SSSR count). The Morgan fingerprint density at radius 3 is 2.65 bits per heavy atom. The van der Waals surface area contributed by atoms with Crippen LogP contribution in [0.2, 0.25) is 5.02 Å². The summed E-state index contributed by atoms with van der Waals surface area (Å²) in [6, 6.07) is 6.80. The molecule has 0 saturated carbocycles. The van der Waals surface area contributed by atoms with Crippen LogP contribution >= 0.6 is 11.6 Å². The predicted molar refractivity (Wildman–Crippen MR) is 92.1 cm³/mol. The van der Waals surface area contributed by atoms with Crippen LogP contribution < -0.4 is 16.0 Å². The number of halogens is 1. The molecule has 1 amide bonds. The van der Waals surface area contributed by atoms with E-state index in [0.29, 0.717) is 29.6 Å². The molecule has 1 aliphatic heterocycles. The standard InChI is InChI=1S/C16H23ClN4O2/c1-18-16(21-11-14-3-2-10-23-14)20-9-8-19-15(22)12-4-6-13(17)7-5-12/h4-7,14H,2-3,8-11H2,1H3,(H,19,22)(H2,18,20,21). The molecule has 0 aliphatic carbocycles. The molecule has 7 heteroatoms. The zero-order valence-electron chi connectivity index (χ0n) is 13.3. The summed E-state index contributed by atoms with van der Waals surface area (Å²) >= 11 is 5.80. The lowest BCUT2D eigenvalue weighted by molar-refractivity contribution is 0.0954. The molecule has 23 heavy (non-hydrogen) atoms. The van der Waals surface area contributed by atoms with Crippen molar-refractivity contribution >= 4 is 23.5 Å².